The van der Waals surface area contributed by atoms with Gasteiger partial charge < -0.3 is 10.1 Å². The molecule has 33 heavy (non-hydrogen) atoms. The van der Waals surface area contributed by atoms with E-state index in [0.717, 1.165) is 15.6 Å². The summed E-state index contributed by atoms with van der Waals surface area (Å²) in [6, 6.07) is 11.4. The zero-order valence-electron chi connectivity index (χ0n) is 18.9. The van der Waals surface area contributed by atoms with Crippen molar-refractivity contribution in [2.75, 3.05) is 0 Å². The maximum absolute atomic E-state index is 13.6. The van der Waals surface area contributed by atoms with Gasteiger partial charge in [-0.15, -0.1) is 11.3 Å². The van der Waals surface area contributed by atoms with Crippen LogP contribution in [0.3, 0.4) is 0 Å². The van der Waals surface area contributed by atoms with Gasteiger partial charge in [0, 0.05) is 28.2 Å². The molecule has 3 aromatic rings. The molecule has 0 amide bonds. The predicted molar refractivity (Wildman–Crippen MR) is 128 cm³/mol. The van der Waals surface area contributed by atoms with E-state index in [-0.39, 0.29) is 17.2 Å². The number of pyridine rings is 1. The first kappa shape index (κ1) is 22.7. The van der Waals surface area contributed by atoms with Gasteiger partial charge in [-0.1, -0.05) is 44.2 Å². The third-order valence-corrected chi connectivity index (χ3v) is 6.81. The lowest BCUT2D eigenvalue weighted by atomic mass is 9.84. The highest BCUT2D eigenvalue weighted by Crippen LogP contribution is 2.44. The van der Waals surface area contributed by atoms with Crippen molar-refractivity contribution in [3.63, 3.8) is 0 Å². The summed E-state index contributed by atoms with van der Waals surface area (Å²) in [7, 11) is 0. The molecular weight excluding hydrogens is 438 g/mol. The van der Waals surface area contributed by atoms with Crippen LogP contribution in [0.2, 0.25) is 0 Å². The summed E-state index contributed by atoms with van der Waals surface area (Å²) >= 11 is 1.47. The third kappa shape index (κ3) is 4.26. The number of nitrogens with one attached hydrogen (secondary N) is 1. The van der Waals surface area contributed by atoms with E-state index in [1.807, 2.05) is 55.6 Å². The lowest BCUT2D eigenvalue weighted by Gasteiger charge is -2.28. The Bertz CT molecular complexity index is 1280. The van der Waals surface area contributed by atoms with Crippen LogP contribution < -0.4 is 5.32 Å². The summed E-state index contributed by atoms with van der Waals surface area (Å²) in [6.45, 7) is 7.37. The predicted octanol–water partition coefficient (Wildman–Crippen LogP) is 5.71. The fourth-order valence-electron chi connectivity index (χ4n) is 4.32. The van der Waals surface area contributed by atoms with Crippen LogP contribution in [0.5, 0.6) is 0 Å². The van der Waals surface area contributed by atoms with Crippen LogP contribution in [0.1, 0.15) is 50.8 Å². The second-order valence-electron chi connectivity index (χ2n) is 8.41. The molecule has 2 atom stereocenters. The largest absolute Gasteiger partial charge is 0.454 e. The Balaban J connectivity index is 1.81. The van der Waals surface area contributed by atoms with Gasteiger partial charge in [0.15, 0.2) is 0 Å². The number of nitrogens with zero attached hydrogens (tertiary/aromatic N) is 2. The molecule has 2 aromatic heterocycles. The molecule has 0 radical (unpaired) electrons. The smallest absolute Gasteiger partial charge is 0.337 e. The van der Waals surface area contributed by atoms with E-state index in [4.69, 9.17) is 4.74 Å². The second-order valence-corrected chi connectivity index (χ2v) is 9.32. The molecular formula is C25H25N3O4S. The first-order chi connectivity index (χ1) is 15.8. The molecule has 1 N–H and O–H groups in total. The number of nitro groups is 1. The highest BCUT2D eigenvalue weighted by Gasteiger charge is 2.42. The molecule has 0 saturated carbocycles. The van der Waals surface area contributed by atoms with Crippen LogP contribution in [-0.2, 0) is 9.53 Å². The Morgan fingerprint density at radius 2 is 1.91 bits per heavy atom. The number of hydrogen-bond donors (Lipinski definition) is 1. The highest BCUT2D eigenvalue weighted by molar-refractivity contribution is 7.17. The standard InChI is InChI=1S/C25H25N3O4S/c1-14(2)24(17-8-6-5-7-9-17)32-25(29)21-15(3)27-16(4)23(28(30)31)22(21)19-13-33-20-10-11-26-12-18(19)20/h5-14,22,24,27H,1-4H3. The van der Waals surface area contributed by atoms with Crippen molar-refractivity contribution < 1.29 is 14.5 Å². The lowest BCUT2D eigenvalue weighted by Crippen LogP contribution is -2.32. The summed E-state index contributed by atoms with van der Waals surface area (Å²) in [5.41, 5.74) is 2.71. The van der Waals surface area contributed by atoms with Gasteiger partial charge in [0.1, 0.15) is 12.0 Å². The van der Waals surface area contributed by atoms with Crippen molar-refractivity contribution in [2.45, 2.75) is 39.7 Å². The molecule has 1 aliphatic rings. The third-order valence-electron chi connectivity index (χ3n) is 5.83. The number of aromatic nitrogens is 1. The molecule has 0 spiro atoms. The highest BCUT2D eigenvalue weighted by atomic mass is 32.1. The van der Waals surface area contributed by atoms with Crippen molar-refractivity contribution >= 4 is 27.4 Å². The Kier molecular flexibility index (Phi) is 6.29. The van der Waals surface area contributed by atoms with Gasteiger partial charge in [-0.3, -0.25) is 15.1 Å². The number of fused-ring (bicyclic) bond motifs is 1. The minimum absolute atomic E-state index is 0.0192. The van der Waals surface area contributed by atoms with Gasteiger partial charge in [0.05, 0.1) is 16.2 Å². The molecule has 3 heterocycles. The molecule has 170 valence electrons. The van der Waals surface area contributed by atoms with Crippen molar-refractivity contribution in [3.8, 4) is 0 Å². The van der Waals surface area contributed by atoms with Crippen LogP contribution in [-0.4, -0.2) is 15.9 Å². The molecule has 0 saturated heterocycles. The van der Waals surface area contributed by atoms with Crippen molar-refractivity contribution in [2.24, 2.45) is 5.92 Å². The number of thiophene rings is 1. The molecule has 0 aliphatic carbocycles. The number of dihydropyridines is 1. The molecule has 8 heteroatoms. The van der Waals surface area contributed by atoms with E-state index in [9.17, 15) is 14.9 Å². The number of rotatable bonds is 6. The topological polar surface area (TPSA) is 94.4 Å². The summed E-state index contributed by atoms with van der Waals surface area (Å²) in [4.78, 5) is 29.6. The number of esters is 1. The molecule has 4 rings (SSSR count). The van der Waals surface area contributed by atoms with Crippen LogP contribution in [0, 0.1) is 16.0 Å². The van der Waals surface area contributed by atoms with Crippen molar-refractivity contribution in [1.29, 1.82) is 0 Å². The molecule has 0 bridgehead atoms. The Morgan fingerprint density at radius 1 is 1.18 bits per heavy atom. The zero-order chi connectivity index (χ0) is 23.7. The van der Waals surface area contributed by atoms with Crippen molar-refractivity contribution in [1.82, 2.24) is 10.3 Å². The summed E-state index contributed by atoms with van der Waals surface area (Å²) < 4.78 is 6.97. The quantitative estimate of drug-likeness (QED) is 0.286. The van der Waals surface area contributed by atoms with E-state index < -0.39 is 22.9 Å². The van der Waals surface area contributed by atoms with Crippen molar-refractivity contribution in [3.05, 3.63) is 98.1 Å². The fourth-order valence-corrected chi connectivity index (χ4v) is 5.28. The molecule has 7 nitrogen and oxygen atoms in total. The van der Waals surface area contributed by atoms with Gasteiger partial charge >= 0.3 is 5.97 Å². The Hall–Kier alpha value is -3.52. The molecule has 0 fully saturated rings. The minimum atomic E-state index is -0.865. The van der Waals surface area contributed by atoms with Gasteiger partial charge in [-0.2, -0.15) is 0 Å². The van der Waals surface area contributed by atoms with Gasteiger partial charge in [-0.05, 0) is 42.3 Å². The van der Waals surface area contributed by atoms with Gasteiger partial charge in [0.25, 0.3) is 5.70 Å². The molecule has 1 aromatic carbocycles. The van der Waals surface area contributed by atoms with E-state index in [2.05, 4.69) is 10.3 Å². The number of benzene rings is 1. The second kappa shape index (κ2) is 9.15. The summed E-state index contributed by atoms with van der Waals surface area (Å²) in [6.07, 6.45) is 2.89. The van der Waals surface area contributed by atoms with Crippen LogP contribution in [0.15, 0.2) is 76.8 Å². The molecule has 1 aliphatic heterocycles. The monoisotopic (exact) mass is 463 g/mol. The van der Waals surface area contributed by atoms with Gasteiger partial charge in [-0.25, -0.2) is 4.79 Å². The Morgan fingerprint density at radius 3 is 2.58 bits per heavy atom. The van der Waals surface area contributed by atoms with Gasteiger partial charge in [0.2, 0.25) is 0 Å². The summed E-state index contributed by atoms with van der Waals surface area (Å²) in [5, 5.41) is 17.8. The number of carbonyl (C=O) groups is 1. The zero-order valence-corrected chi connectivity index (χ0v) is 19.7. The first-order valence-electron chi connectivity index (χ1n) is 10.7. The van der Waals surface area contributed by atoms with Crippen LogP contribution in [0.4, 0.5) is 0 Å². The van der Waals surface area contributed by atoms with Crippen LogP contribution >= 0.6 is 11.3 Å². The first-order valence-corrected chi connectivity index (χ1v) is 11.6. The maximum atomic E-state index is 13.6. The Labute approximate surface area is 196 Å². The van der Waals surface area contributed by atoms with E-state index >= 15 is 0 Å². The normalized spacial score (nSPS) is 17.3. The molecule has 2 unspecified atom stereocenters. The average Bonchev–Trinajstić information content (AvgIpc) is 3.20. The van der Waals surface area contributed by atoms with Crippen LogP contribution in [0.25, 0.3) is 10.1 Å². The number of allylic oxidation sites excluding steroid dienone is 3. The minimum Gasteiger partial charge on any atom is -0.454 e. The summed E-state index contributed by atoms with van der Waals surface area (Å²) in [5.74, 6) is -1.41. The van der Waals surface area contributed by atoms with E-state index in [0.29, 0.717) is 17.0 Å². The van der Waals surface area contributed by atoms with E-state index in [1.54, 1.807) is 26.2 Å². The number of hydrogen-bond acceptors (Lipinski definition) is 7. The average molecular weight is 464 g/mol. The fraction of sp³-hybridized carbons (Fsp3) is 0.280. The maximum Gasteiger partial charge on any atom is 0.337 e. The lowest BCUT2D eigenvalue weighted by molar-refractivity contribution is -0.431. The number of ether oxygens (including phenoxy) is 1. The SMILES string of the molecule is CC1=C(C(=O)OC(c2ccccc2)C(C)C)C(c2csc3ccncc23)C([N+](=O)[O-])=C(C)N1. The van der Waals surface area contributed by atoms with E-state index in [1.165, 1.54) is 11.3 Å². The number of carbonyl (C=O) groups excluding carboxylic acids is 1.